The van der Waals surface area contributed by atoms with Gasteiger partial charge in [-0.3, -0.25) is 4.79 Å². The number of fused-ring (bicyclic) bond motifs is 1. The Kier molecular flexibility index (Phi) is 2.96. The van der Waals surface area contributed by atoms with Gasteiger partial charge in [0.1, 0.15) is 12.4 Å². The molecule has 5 nitrogen and oxygen atoms in total. The van der Waals surface area contributed by atoms with E-state index in [4.69, 9.17) is 10.5 Å². The molecule has 2 rings (SSSR count). The second-order valence-electron chi connectivity index (χ2n) is 3.70. The molecule has 0 saturated heterocycles. The van der Waals surface area contributed by atoms with Crippen LogP contribution in [-0.2, 0) is 4.79 Å². The van der Waals surface area contributed by atoms with Crippen molar-refractivity contribution < 1.29 is 9.53 Å². The minimum atomic E-state index is -0.195. The van der Waals surface area contributed by atoms with Gasteiger partial charge in [-0.25, -0.2) is 0 Å². The van der Waals surface area contributed by atoms with E-state index in [0.717, 1.165) is 23.7 Å². The number of hydrogen-bond acceptors (Lipinski definition) is 4. The standard InChI is InChI=1S/C11H15N3O2/c1-14-4-5-16-10-3-2-8(6-9(10)14)13-11(15)7-12/h2-3,6H,4-5,7,12H2,1H3,(H,13,15). The summed E-state index contributed by atoms with van der Waals surface area (Å²) < 4.78 is 5.50. The van der Waals surface area contributed by atoms with E-state index in [1.165, 1.54) is 0 Å². The van der Waals surface area contributed by atoms with Crippen LogP contribution in [0.4, 0.5) is 11.4 Å². The molecule has 1 aromatic rings. The van der Waals surface area contributed by atoms with Gasteiger partial charge in [-0.05, 0) is 18.2 Å². The molecule has 5 heteroatoms. The maximum Gasteiger partial charge on any atom is 0.238 e. The number of hydrogen-bond donors (Lipinski definition) is 2. The summed E-state index contributed by atoms with van der Waals surface area (Å²) in [6, 6.07) is 5.56. The highest BCUT2D eigenvalue weighted by Crippen LogP contribution is 2.32. The molecule has 3 N–H and O–H groups in total. The van der Waals surface area contributed by atoms with Crippen molar-refractivity contribution in [2.24, 2.45) is 5.73 Å². The van der Waals surface area contributed by atoms with Crippen molar-refractivity contribution in [3.05, 3.63) is 18.2 Å². The number of amides is 1. The predicted octanol–water partition coefficient (Wildman–Crippen LogP) is 0.412. The summed E-state index contributed by atoms with van der Waals surface area (Å²) in [7, 11) is 2.00. The van der Waals surface area contributed by atoms with Crippen molar-refractivity contribution in [2.75, 3.05) is 37.0 Å². The van der Waals surface area contributed by atoms with Crippen LogP contribution in [0.5, 0.6) is 5.75 Å². The Labute approximate surface area is 94.2 Å². The molecule has 0 bridgehead atoms. The number of anilines is 2. The summed E-state index contributed by atoms with van der Waals surface area (Å²) in [5, 5.41) is 2.72. The maximum absolute atomic E-state index is 11.1. The lowest BCUT2D eigenvalue weighted by molar-refractivity contribution is -0.114. The van der Waals surface area contributed by atoms with Gasteiger partial charge in [0.15, 0.2) is 0 Å². The molecule has 0 radical (unpaired) electrons. The number of carbonyl (C=O) groups excluding carboxylic acids is 1. The van der Waals surface area contributed by atoms with Crippen LogP contribution in [0.2, 0.25) is 0 Å². The van der Waals surface area contributed by atoms with Gasteiger partial charge in [-0.2, -0.15) is 0 Å². The lowest BCUT2D eigenvalue weighted by Gasteiger charge is -2.28. The quantitative estimate of drug-likeness (QED) is 0.759. The third-order valence-electron chi connectivity index (χ3n) is 2.52. The number of ether oxygens (including phenoxy) is 1. The minimum absolute atomic E-state index is 0.0105. The number of carbonyl (C=O) groups is 1. The van der Waals surface area contributed by atoms with Crippen molar-refractivity contribution >= 4 is 17.3 Å². The Hall–Kier alpha value is -1.75. The number of nitrogens with zero attached hydrogens (tertiary/aromatic N) is 1. The Morgan fingerprint density at radius 1 is 1.62 bits per heavy atom. The Morgan fingerprint density at radius 2 is 2.44 bits per heavy atom. The molecule has 1 aliphatic rings. The van der Waals surface area contributed by atoms with Gasteiger partial charge in [0.05, 0.1) is 18.8 Å². The van der Waals surface area contributed by atoms with Crippen LogP contribution in [0.15, 0.2) is 18.2 Å². The van der Waals surface area contributed by atoms with Crippen molar-refractivity contribution in [3.63, 3.8) is 0 Å². The first kappa shape index (κ1) is 10.8. The summed E-state index contributed by atoms with van der Waals surface area (Å²) in [5.74, 6) is 0.652. The normalized spacial score (nSPS) is 14.0. The first-order valence-electron chi connectivity index (χ1n) is 5.18. The zero-order chi connectivity index (χ0) is 11.5. The third kappa shape index (κ3) is 2.09. The minimum Gasteiger partial charge on any atom is -0.490 e. The molecular formula is C11H15N3O2. The SMILES string of the molecule is CN1CCOc2ccc(NC(=O)CN)cc21. The van der Waals surface area contributed by atoms with E-state index >= 15 is 0 Å². The van der Waals surface area contributed by atoms with E-state index in [1.54, 1.807) is 0 Å². The van der Waals surface area contributed by atoms with E-state index in [0.29, 0.717) is 6.61 Å². The van der Waals surface area contributed by atoms with Crippen LogP contribution in [0, 0.1) is 0 Å². The second kappa shape index (κ2) is 4.40. The van der Waals surface area contributed by atoms with Crippen molar-refractivity contribution in [3.8, 4) is 5.75 Å². The topological polar surface area (TPSA) is 67.6 Å². The Bertz CT molecular complexity index is 406. The van der Waals surface area contributed by atoms with E-state index < -0.39 is 0 Å². The molecule has 1 aliphatic heterocycles. The molecule has 0 spiro atoms. The molecular weight excluding hydrogens is 206 g/mol. The zero-order valence-electron chi connectivity index (χ0n) is 9.19. The Morgan fingerprint density at radius 3 is 3.19 bits per heavy atom. The molecule has 1 amide bonds. The lowest BCUT2D eigenvalue weighted by Crippen LogP contribution is -2.29. The van der Waals surface area contributed by atoms with Crippen molar-refractivity contribution in [1.82, 2.24) is 0 Å². The van der Waals surface area contributed by atoms with E-state index in [1.807, 2.05) is 25.2 Å². The molecule has 0 aromatic heterocycles. The van der Waals surface area contributed by atoms with E-state index in [-0.39, 0.29) is 12.5 Å². The van der Waals surface area contributed by atoms with Gasteiger partial charge in [0.25, 0.3) is 0 Å². The van der Waals surface area contributed by atoms with E-state index in [9.17, 15) is 4.79 Å². The molecule has 86 valence electrons. The van der Waals surface area contributed by atoms with Crippen molar-refractivity contribution in [1.29, 1.82) is 0 Å². The van der Waals surface area contributed by atoms with Gasteiger partial charge < -0.3 is 20.7 Å². The maximum atomic E-state index is 11.1. The highest BCUT2D eigenvalue weighted by Gasteiger charge is 2.15. The Balaban J connectivity index is 2.23. The van der Waals surface area contributed by atoms with Gasteiger partial charge in [0.2, 0.25) is 5.91 Å². The lowest BCUT2D eigenvalue weighted by atomic mass is 10.2. The molecule has 0 atom stereocenters. The number of benzene rings is 1. The van der Waals surface area contributed by atoms with Gasteiger partial charge >= 0.3 is 0 Å². The number of nitrogens with one attached hydrogen (secondary N) is 1. The number of rotatable bonds is 2. The fourth-order valence-corrected chi connectivity index (χ4v) is 1.64. The van der Waals surface area contributed by atoms with Gasteiger partial charge in [-0.1, -0.05) is 0 Å². The average molecular weight is 221 g/mol. The van der Waals surface area contributed by atoms with Crippen LogP contribution in [-0.4, -0.2) is 32.7 Å². The van der Waals surface area contributed by atoms with Crippen LogP contribution in [0.1, 0.15) is 0 Å². The zero-order valence-corrected chi connectivity index (χ0v) is 9.19. The van der Waals surface area contributed by atoms with Crippen LogP contribution >= 0.6 is 0 Å². The van der Waals surface area contributed by atoms with Crippen LogP contribution < -0.4 is 20.7 Å². The molecule has 0 aliphatic carbocycles. The fourth-order valence-electron chi connectivity index (χ4n) is 1.64. The molecule has 0 saturated carbocycles. The second-order valence-corrected chi connectivity index (χ2v) is 3.70. The molecule has 0 unspecified atom stereocenters. The van der Waals surface area contributed by atoms with Gasteiger partial charge in [0, 0.05) is 12.7 Å². The van der Waals surface area contributed by atoms with Gasteiger partial charge in [-0.15, -0.1) is 0 Å². The molecule has 16 heavy (non-hydrogen) atoms. The number of nitrogens with two attached hydrogens (primary N) is 1. The largest absolute Gasteiger partial charge is 0.490 e. The highest BCUT2D eigenvalue weighted by atomic mass is 16.5. The van der Waals surface area contributed by atoms with Crippen molar-refractivity contribution in [2.45, 2.75) is 0 Å². The summed E-state index contributed by atoms with van der Waals surface area (Å²) >= 11 is 0. The average Bonchev–Trinajstić information content (AvgIpc) is 2.30. The predicted molar refractivity (Wildman–Crippen MR) is 62.9 cm³/mol. The first-order chi connectivity index (χ1) is 7.70. The van der Waals surface area contributed by atoms with Crippen LogP contribution in [0.3, 0.4) is 0 Å². The summed E-state index contributed by atoms with van der Waals surface area (Å²) in [5.41, 5.74) is 6.97. The smallest absolute Gasteiger partial charge is 0.238 e. The van der Waals surface area contributed by atoms with Crippen LogP contribution in [0.25, 0.3) is 0 Å². The third-order valence-corrected chi connectivity index (χ3v) is 2.52. The fraction of sp³-hybridized carbons (Fsp3) is 0.364. The molecule has 1 aromatic carbocycles. The number of likely N-dealkylation sites (N-methyl/N-ethyl adjacent to an activating group) is 1. The van der Waals surface area contributed by atoms with E-state index in [2.05, 4.69) is 10.2 Å². The molecule has 1 heterocycles. The summed E-state index contributed by atoms with van der Waals surface area (Å²) in [6.07, 6.45) is 0. The highest BCUT2D eigenvalue weighted by molar-refractivity contribution is 5.92. The molecule has 0 fully saturated rings. The summed E-state index contributed by atoms with van der Waals surface area (Å²) in [4.78, 5) is 13.2. The monoisotopic (exact) mass is 221 g/mol. The summed E-state index contributed by atoms with van der Waals surface area (Å²) in [6.45, 7) is 1.53. The first-order valence-corrected chi connectivity index (χ1v) is 5.18.